The molecule has 0 fully saturated rings. The van der Waals surface area contributed by atoms with Gasteiger partial charge in [-0.3, -0.25) is 9.59 Å². The summed E-state index contributed by atoms with van der Waals surface area (Å²) in [5.41, 5.74) is 1.72. The highest BCUT2D eigenvalue weighted by Gasteiger charge is 2.20. The number of nitrogens with one attached hydrogen (secondary N) is 1. The number of nitrogens with zero attached hydrogens (tertiary/aromatic N) is 5. The van der Waals surface area contributed by atoms with E-state index in [1.165, 1.54) is 21.0 Å². The summed E-state index contributed by atoms with van der Waals surface area (Å²) in [5, 5.41) is 17.6. The van der Waals surface area contributed by atoms with Crippen LogP contribution >= 0.6 is 22.9 Å². The summed E-state index contributed by atoms with van der Waals surface area (Å²) in [6.45, 7) is 0.296. The highest BCUT2D eigenvalue weighted by Crippen LogP contribution is 2.20. The average Bonchev–Trinajstić information content (AvgIpc) is 3.51. The molecule has 0 aliphatic carbocycles. The van der Waals surface area contributed by atoms with E-state index in [9.17, 15) is 9.59 Å². The molecule has 8 nitrogen and oxygen atoms in total. The first kappa shape index (κ1) is 22.6. The number of halogens is 1. The number of tetrazole rings is 1. The molecule has 0 aliphatic heterocycles. The summed E-state index contributed by atoms with van der Waals surface area (Å²) in [6, 6.07) is 20.6. The van der Waals surface area contributed by atoms with Crippen LogP contribution < -0.4 is 5.32 Å². The smallest absolute Gasteiger partial charge is 0.247 e. The van der Waals surface area contributed by atoms with Crippen LogP contribution in [0.3, 0.4) is 0 Å². The molecule has 0 radical (unpaired) electrons. The van der Waals surface area contributed by atoms with Gasteiger partial charge in [-0.05, 0) is 33.9 Å². The van der Waals surface area contributed by atoms with Crippen LogP contribution in [0.25, 0.3) is 10.7 Å². The fourth-order valence-electron chi connectivity index (χ4n) is 3.13. The monoisotopic (exact) mass is 480 g/mol. The van der Waals surface area contributed by atoms with Gasteiger partial charge in [-0.1, -0.05) is 66.2 Å². The molecule has 2 aromatic carbocycles. The molecular weight excluding hydrogens is 460 g/mol. The Morgan fingerprint density at radius 3 is 2.58 bits per heavy atom. The largest absolute Gasteiger partial charge is 0.350 e. The van der Waals surface area contributed by atoms with Crippen LogP contribution in [0.2, 0.25) is 5.02 Å². The second-order valence-corrected chi connectivity index (χ2v) is 8.58. The Bertz CT molecular complexity index is 1210. The van der Waals surface area contributed by atoms with E-state index in [4.69, 9.17) is 11.6 Å². The topological polar surface area (TPSA) is 93.0 Å². The fraction of sp³-hybridized carbons (Fsp3) is 0.174. The van der Waals surface area contributed by atoms with E-state index in [0.717, 1.165) is 16.0 Å². The Morgan fingerprint density at radius 2 is 1.82 bits per heavy atom. The summed E-state index contributed by atoms with van der Waals surface area (Å²) in [7, 11) is 0. The Balaban J connectivity index is 1.45. The van der Waals surface area contributed by atoms with E-state index in [-0.39, 0.29) is 31.4 Å². The Labute approximate surface area is 199 Å². The molecule has 0 saturated heterocycles. The van der Waals surface area contributed by atoms with Crippen LogP contribution in [-0.2, 0) is 29.2 Å². The number of hydrogen-bond donors (Lipinski definition) is 1. The Morgan fingerprint density at radius 1 is 1.03 bits per heavy atom. The Hall–Kier alpha value is -3.56. The molecule has 4 rings (SSSR count). The summed E-state index contributed by atoms with van der Waals surface area (Å²) in [6.07, 6.45) is 0. The van der Waals surface area contributed by atoms with Crippen molar-refractivity contribution in [3.63, 3.8) is 0 Å². The molecule has 0 unspecified atom stereocenters. The lowest BCUT2D eigenvalue weighted by Gasteiger charge is -2.22. The van der Waals surface area contributed by atoms with Crippen LogP contribution in [0, 0.1) is 0 Å². The molecule has 2 amide bonds. The van der Waals surface area contributed by atoms with Crippen molar-refractivity contribution >= 4 is 34.8 Å². The van der Waals surface area contributed by atoms with Crippen LogP contribution in [0.4, 0.5) is 0 Å². The lowest BCUT2D eigenvalue weighted by atomic mass is 10.2. The molecule has 0 atom stereocenters. The molecule has 4 aromatic rings. The maximum absolute atomic E-state index is 13.1. The zero-order chi connectivity index (χ0) is 23.0. The maximum Gasteiger partial charge on any atom is 0.247 e. The van der Waals surface area contributed by atoms with Crippen molar-refractivity contribution in [3.05, 3.63) is 88.3 Å². The van der Waals surface area contributed by atoms with Gasteiger partial charge in [-0.15, -0.1) is 21.5 Å². The van der Waals surface area contributed by atoms with E-state index in [2.05, 4.69) is 20.7 Å². The number of amides is 2. The summed E-state index contributed by atoms with van der Waals surface area (Å²) in [5.74, 6) is -0.138. The van der Waals surface area contributed by atoms with Gasteiger partial charge >= 0.3 is 0 Å². The van der Waals surface area contributed by atoms with Crippen molar-refractivity contribution < 1.29 is 9.59 Å². The van der Waals surface area contributed by atoms with Crippen molar-refractivity contribution in [1.82, 2.24) is 30.4 Å². The third kappa shape index (κ3) is 6.24. The van der Waals surface area contributed by atoms with Crippen molar-refractivity contribution in [1.29, 1.82) is 0 Å². The predicted molar refractivity (Wildman–Crippen MR) is 126 cm³/mol. The molecular formula is C23H21ClN6O2S. The van der Waals surface area contributed by atoms with Gasteiger partial charge in [0, 0.05) is 18.1 Å². The van der Waals surface area contributed by atoms with Gasteiger partial charge < -0.3 is 10.2 Å². The van der Waals surface area contributed by atoms with Crippen molar-refractivity contribution in [2.75, 3.05) is 6.54 Å². The minimum Gasteiger partial charge on any atom is -0.350 e. The van der Waals surface area contributed by atoms with Crippen molar-refractivity contribution in [2.24, 2.45) is 0 Å². The minimum atomic E-state index is -0.320. The SMILES string of the molecule is O=C(CN(Cc1ccccc1Cl)C(=O)Cn1nnc(-c2cccs2)n1)NCc1ccccc1. The van der Waals surface area contributed by atoms with Crippen LogP contribution in [0.5, 0.6) is 0 Å². The molecule has 0 spiro atoms. The van der Waals surface area contributed by atoms with E-state index in [1.54, 1.807) is 6.07 Å². The normalized spacial score (nSPS) is 10.7. The Kier molecular flexibility index (Phi) is 7.43. The van der Waals surface area contributed by atoms with Crippen LogP contribution in [0.1, 0.15) is 11.1 Å². The third-order valence-corrected chi connectivity index (χ3v) is 6.04. The van der Waals surface area contributed by atoms with Crippen LogP contribution in [0.15, 0.2) is 72.1 Å². The minimum absolute atomic E-state index is 0.122. The number of rotatable bonds is 9. The molecule has 0 bridgehead atoms. The first-order valence-electron chi connectivity index (χ1n) is 10.2. The van der Waals surface area contributed by atoms with E-state index >= 15 is 0 Å². The standard InChI is InChI=1S/C23H21ClN6O2S/c24-19-10-5-4-9-18(19)14-29(15-21(31)25-13-17-7-2-1-3-8-17)22(32)16-30-27-23(26-28-30)20-11-6-12-33-20/h1-12H,13-16H2,(H,25,31). The second-order valence-electron chi connectivity index (χ2n) is 7.22. The molecule has 0 aliphatic rings. The average molecular weight is 481 g/mol. The molecule has 0 saturated carbocycles. The summed E-state index contributed by atoms with van der Waals surface area (Å²) >= 11 is 7.78. The first-order valence-corrected chi connectivity index (χ1v) is 11.5. The molecule has 2 heterocycles. The van der Waals surface area contributed by atoms with E-state index in [1.807, 2.05) is 66.0 Å². The number of aromatic nitrogens is 4. The third-order valence-electron chi connectivity index (χ3n) is 4.81. The first-order chi connectivity index (χ1) is 16.1. The molecule has 2 aromatic heterocycles. The quantitative estimate of drug-likeness (QED) is 0.396. The van der Waals surface area contributed by atoms with E-state index < -0.39 is 0 Å². The van der Waals surface area contributed by atoms with Gasteiger partial charge in [0.2, 0.25) is 17.6 Å². The van der Waals surface area contributed by atoms with Gasteiger partial charge in [0.25, 0.3) is 0 Å². The lowest BCUT2D eigenvalue weighted by molar-refractivity contribution is -0.137. The number of thiophene rings is 1. The molecule has 1 N–H and O–H groups in total. The van der Waals surface area contributed by atoms with Gasteiger partial charge in [0.05, 0.1) is 11.4 Å². The van der Waals surface area contributed by atoms with Crippen molar-refractivity contribution in [2.45, 2.75) is 19.6 Å². The zero-order valence-corrected chi connectivity index (χ0v) is 19.2. The predicted octanol–water partition coefficient (Wildman–Crippen LogP) is 3.40. The maximum atomic E-state index is 13.1. The number of hydrogen-bond acceptors (Lipinski definition) is 6. The number of carbonyl (C=O) groups excluding carboxylic acids is 2. The van der Waals surface area contributed by atoms with E-state index in [0.29, 0.717) is 17.4 Å². The molecule has 10 heteroatoms. The van der Waals surface area contributed by atoms with Crippen LogP contribution in [-0.4, -0.2) is 43.5 Å². The van der Waals surface area contributed by atoms with Gasteiger partial charge in [-0.25, -0.2) is 0 Å². The molecule has 33 heavy (non-hydrogen) atoms. The van der Waals surface area contributed by atoms with Gasteiger partial charge in [-0.2, -0.15) is 4.80 Å². The van der Waals surface area contributed by atoms with Gasteiger partial charge in [0.1, 0.15) is 6.54 Å². The summed E-state index contributed by atoms with van der Waals surface area (Å²) < 4.78 is 0. The summed E-state index contributed by atoms with van der Waals surface area (Å²) in [4.78, 5) is 29.3. The molecule has 168 valence electrons. The highest BCUT2D eigenvalue weighted by atomic mass is 35.5. The zero-order valence-electron chi connectivity index (χ0n) is 17.6. The fourth-order valence-corrected chi connectivity index (χ4v) is 3.97. The second kappa shape index (κ2) is 10.8. The number of benzene rings is 2. The van der Waals surface area contributed by atoms with Gasteiger partial charge in [0.15, 0.2) is 0 Å². The number of carbonyl (C=O) groups is 2. The van der Waals surface area contributed by atoms with Crippen molar-refractivity contribution in [3.8, 4) is 10.7 Å². The lowest BCUT2D eigenvalue weighted by Crippen LogP contribution is -2.41. The highest BCUT2D eigenvalue weighted by molar-refractivity contribution is 7.13.